The molecule has 0 bridgehead atoms. The Morgan fingerprint density at radius 2 is 2.19 bits per heavy atom. The number of carbonyl (C=O) groups excluding carboxylic acids is 3. The van der Waals surface area contributed by atoms with E-state index >= 15 is 0 Å². The molecule has 1 atom stereocenters. The quantitative estimate of drug-likeness (QED) is 0.872. The summed E-state index contributed by atoms with van der Waals surface area (Å²) in [4.78, 5) is 35.7. The lowest BCUT2D eigenvalue weighted by atomic mass is 10.1. The first-order valence-corrected chi connectivity index (χ1v) is 8.05. The van der Waals surface area contributed by atoms with Crippen molar-refractivity contribution in [2.45, 2.75) is 13.0 Å². The number of aromatic nitrogens is 2. The van der Waals surface area contributed by atoms with E-state index in [1.807, 2.05) is 0 Å². The average Bonchev–Trinajstić information content (AvgIpc) is 3.26. The Morgan fingerprint density at radius 1 is 1.41 bits per heavy atom. The van der Waals surface area contributed by atoms with Crippen molar-refractivity contribution in [3.8, 4) is 11.3 Å². The van der Waals surface area contributed by atoms with Crippen LogP contribution in [0.5, 0.6) is 0 Å². The van der Waals surface area contributed by atoms with Crippen LogP contribution in [0.2, 0.25) is 0 Å². The molecule has 1 aliphatic rings. The van der Waals surface area contributed by atoms with E-state index in [0.717, 1.165) is 4.68 Å². The predicted molar refractivity (Wildman–Crippen MR) is 91.7 cm³/mol. The molecule has 2 aromatic rings. The number of hydrogen-bond donors (Lipinski definition) is 1. The molecule has 3 rings (SSSR count). The molecular formula is C17H17FN4O5. The first kappa shape index (κ1) is 18.4. The molecule has 1 N–H and O–H groups in total. The van der Waals surface area contributed by atoms with E-state index in [4.69, 9.17) is 4.74 Å². The molecule has 10 heteroatoms. The molecule has 0 spiro atoms. The molecule has 1 aliphatic heterocycles. The third-order valence-corrected chi connectivity index (χ3v) is 3.94. The molecule has 142 valence electrons. The van der Waals surface area contributed by atoms with Gasteiger partial charge in [0.15, 0.2) is 0 Å². The molecule has 9 nitrogen and oxygen atoms in total. The van der Waals surface area contributed by atoms with Crippen molar-refractivity contribution in [2.24, 2.45) is 0 Å². The number of anilines is 1. The SMILES string of the molecule is COC(=O)n1ccc(-c2ccc(N3C[C@H](CNC(C)=O)OC3=O)cc2F)n1. The monoisotopic (exact) mass is 376 g/mol. The number of methoxy groups -OCH3 is 1. The van der Waals surface area contributed by atoms with E-state index in [0.29, 0.717) is 5.69 Å². The minimum absolute atomic E-state index is 0.170. The normalized spacial score (nSPS) is 16.2. The van der Waals surface area contributed by atoms with Crippen LogP contribution < -0.4 is 10.2 Å². The second-order valence-electron chi connectivity index (χ2n) is 5.83. The number of rotatable bonds is 4. The molecule has 0 saturated carbocycles. The second kappa shape index (κ2) is 7.44. The van der Waals surface area contributed by atoms with Gasteiger partial charge in [-0.05, 0) is 24.3 Å². The highest BCUT2D eigenvalue weighted by molar-refractivity contribution is 5.90. The third-order valence-electron chi connectivity index (χ3n) is 3.94. The number of cyclic esters (lactones) is 1. The molecule has 1 saturated heterocycles. The van der Waals surface area contributed by atoms with Crippen LogP contribution in [-0.2, 0) is 14.3 Å². The minimum atomic E-state index is -0.691. The van der Waals surface area contributed by atoms with Gasteiger partial charge in [-0.25, -0.2) is 14.0 Å². The largest absolute Gasteiger partial charge is 0.451 e. The number of nitrogens with zero attached hydrogens (tertiary/aromatic N) is 3. The summed E-state index contributed by atoms with van der Waals surface area (Å²) in [6.07, 6.45) is -0.463. The van der Waals surface area contributed by atoms with Gasteiger partial charge in [0, 0.05) is 18.7 Å². The van der Waals surface area contributed by atoms with Gasteiger partial charge >= 0.3 is 12.2 Å². The van der Waals surface area contributed by atoms with Crippen LogP contribution in [0.1, 0.15) is 6.92 Å². The van der Waals surface area contributed by atoms with E-state index in [2.05, 4.69) is 15.2 Å². The Morgan fingerprint density at radius 3 is 2.85 bits per heavy atom. The Labute approximate surface area is 153 Å². The molecule has 1 aromatic carbocycles. The highest BCUT2D eigenvalue weighted by Gasteiger charge is 2.32. The van der Waals surface area contributed by atoms with Crippen LogP contribution >= 0.6 is 0 Å². The van der Waals surface area contributed by atoms with E-state index in [1.165, 1.54) is 43.3 Å². The lowest BCUT2D eigenvalue weighted by molar-refractivity contribution is -0.119. The topological polar surface area (TPSA) is 103 Å². The van der Waals surface area contributed by atoms with E-state index in [9.17, 15) is 18.8 Å². The summed E-state index contributed by atoms with van der Waals surface area (Å²) in [6, 6.07) is 5.68. The van der Waals surface area contributed by atoms with Gasteiger partial charge in [-0.2, -0.15) is 9.78 Å². The van der Waals surface area contributed by atoms with E-state index < -0.39 is 24.1 Å². The molecule has 1 aromatic heterocycles. The average molecular weight is 376 g/mol. The molecule has 0 aliphatic carbocycles. The third kappa shape index (κ3) is 3.89. The first-order valence-electron chi connectivity index (χ1n) is 8.05. The molecule has 1 fully saturated rings. The molecule has 27 heavy (non-hydrogen) atoms. The summed E-state index contributed by atoms with van der Waals surface area (Å²) in [5, 5.41) is 6.54. The standard InChI is InChI=1S/C17H17FN4O5/c1-10(23)19-8-12-9-21(16(24)27-12)11-3-4-13(14(18)7-11)15-5-6-22(20-15)17(25)26-2/h3-7,12H,8-9H2,1-2H3,(H,19,23)/t12-/m0/s1. The fourth-order valence-corrected chi connectivity index (χ4v) is 2.64. The molecule has 2 heterocycles. The van der Waals surface area contributed by atoms with Crippen LogP contribution in [0.4, 0.5) is 19.7 Å². The van der Waals surface area contributed by atoms with Gasteiger partial charge in [-0.1, -0.05) is 0 Å². The summed E-state index contributed by atoms with van der Waals surface area (Å²) in [6.45, 7) is 1.74. The summed E-state index contributed by atoms with van der Waals surface area (Å²) < 4.78 is 25.2. The van der Waals surface area contributed by atoms with Gasteiger partial charge in [0.25, 0.3) is 0 Å². The zero-order chi connectivity index (χ0) is 19.6. The predicted octanol–water partition coefficient (Wildman–Crippen LogP) is 1.76. The first-order chi connectivity index (χ1) is 12.9. The molecule has 0 unspecified atom stereocenters. The van der Waals surface area contributed by atoms with Crippen LogP contribution in [0, 0.1) is 5.82 Å². The van der Waals surface area contributed by atoms with Gasteiger partial charge in [0.2, 0.25) is 5.91 Å². The maximum absolute atomic E-state index is 14.6. The number of hydrogen-bond acceptors (Lipinski definition) is 6. The lowest BCUT2D eigenvalue weighted by Gasteiger charge is -2.14. The summed E-state index contributed by atoms with van der Waals surface area (Å²) in [5.74, 6) is -0.841. The van der Waals surface area contributed by atoms with E-state index in [-0.39, 0.29) is 30.3 Å². The van der Waals surface area contributed by atoms with Crippen LogP contribution in [0.25, 0.3) is 11.3 Å². The zero-order valence-corrected chi connectivity index (χ0v) is 14.6. The molecule has 2 amide bonds. The summed E-state index contributed by atoms with van der Waals surface area (Å²) in [7, 11) is 1.22. The Bertz CT molecular complexity index is 897. The minimum Gasteiger partial charge on any atom is -0.451 e. The van der Waals surface area contributed by atoms with Gasteiger partial charge in [-0.3, -0.25) is 9.69 Å². The van der Waals surface area contributed by atoms with Crippen molar-refractivity contribution in [2.75, 3.05) is 25.1 Å². The van der Waals surface area contributed by atoms with Gasteiger partial charge in [0.1, 0.15) is 11.9 Å². The smallest absolute Gasteiger partial charge is 0.434 e. The summed E-state index contributed by atoms with van der Waals surface area (Å²) >= 11 is 0. The number of benzene rings is 1. The van der Waals surface area contributed by atoms with Crippen molar-refractivity contribution >= 4 is 23.8 Å². The number of ether oxygens (including phenoxy) is 2. The van der Waals surface area contributed by atoms with Gasteiger partial charge < -0.3 is 14.8 Å². The molecular weight excluding hydrogens is 359 g/mol. The maximum Gasteiger partial charge on any atom is 0.434 e. The van der Waals surface area contributed by atoms with Crippen LogP contribution in [0.15, 0.2) is 30.5 Å². The fourth-order valence-electron chi connectivity index (χ4n) is 2.64. The Hall–Kier alpha value is -3.43. The fraction of sp³-hybridized carbons (Fsp3) is 0.294. The molecule has 0 radical (unpaired) electrons. The number of amides is 2. The Balaban J connectivity index is 1.77. The van der Waals surface area contributed by atoms with Crippen molar-refractivity contribution in [1.82, 2.24) is 15.1 Å². The number of nitrogens with one attached hydrogen (secondary N) is 1. The lowest BCUT2D eigenvalue weighted by Crippen LogP contribution is -2.33. The maximum atomic E-state index is 14.6. The van der Waals surface area contributed by atoms with Crippen molar-refractivity contribution < 1.29 is 28.2 Å². The number of carbonyl (C=O) groups is 3. The van der Waals surface area contributed by atoms with Crippen molar-refractivity contribution in [3.63, 3.8) is 0 Å². The highest BCUT2D eigenvalue weighted by atomic mass is 19.1. The van der Waals surface area contributed by atoms with E-state index in [1.54, 1.807) is 6.07 Å². The van der Waals surface area contributed by atoms with Crippen LogP contribution in [-0.4, -0.2) is 54.2 Å². The zero-order valence-electron chi connectivity index (χ0n) is 14.6. The second-order valence-corrected chi connectivity index (χ2v) is 5.83. The highest BCUT2D eigenvalue weighted by Crippen LogP contribution is 2.28. The van der Waals surface area contributed by atoms with Crippen molar-refractivity contribution in [3.05, 3.63) is 36.3 Å². The van der Waals surface area contributed by atoms with Gasteiger partial charge in [0.05, 0.1) is 31.6 Å². The van der Waals surface area contributed by atoms with Crippen molar-refractivity contribution in [1.29, 1.82) is 0 Å². The van der Waals surface area contributed by atoms with Crippen LogP contribution in [0.3, 0.4) is 0 Å². The summed E-state index contributed by atoms with van der Waals surface area (Å²) in [5.41, 5.74) is 0.736. The van der Waals surface area contributed by atoms with Gasteiger partial charge in [-0.15, -0.1) is 0 Å². The Kier molecular flexibility index (Phi) is 5.06. The number of halogens is 1.